The van der Waals surface area contributed by atoms with Crippen molar-refractivity contribution >= 4 is 21.9 Å². The van der Waals surface area contributed by atoms with Gasteiger partial charge in [-0.05, 0) is 25.7 Å². The summed E-state index contributed by atoms with van der Waals surface area (Å²) in [6.07, 6.45) is 0. The number of sulfonamides is 1. The SMILES string of the molecule is CCOC(=O)/C(=C(\[O-])OCC)N1C(=O)c2ccccc2S1(=O)=O. The first-order valence-corrected chi connectivity index (χ1v) is 8.20. The molecule has 0 bridgehead atoms. The largest absolute Gasteiger partial charge is 0.612 e. The van der Waals surface area contributed by atoms with Gasteiger partial charge in [-0.15, -0.1) is 0 Å². The lowest BCUT2D eigenvalue weighted by Crippen LogP contribution is -2.37. The van der Waals surface area contributed by atoms with Crippen LogP contribution in [0.3, 0.4) is 0 Å². The average molecular weight is 340 g/mol. The van der Waals surface area contributed by atoms with Crippen LogP contribution in [0, 0.1) is 0 Å². The van der Waals surface area contributed by atoms with Crippen molar-refractivity contribution in [1.29, 1.82) is 0 Å². The summed E-state index contributed by atoms with van der Waals surface area (Å²) in [6.45, 7) is 2.76. The number of fused-ring (bicyclic) bond motifs is 1. The fourth-order valence-corrected chi connectivity index (χ4v) is 3.64. The van der Waals surface area contributed by atoms with Crippen molar-refractivity contribution in [3.8, 4) is 0 Å². The second kappa shape index (κ2) is 6.29. The number of nitrogens with zero attached hydrogens (tertiary/aromatic N) is 1. The molecule has 0 atom stereocenters. The minimum Gasteiger partial charge on any atom is -0.612 e. The topological polar surface area (TPSA) is 113 Å². The van der Waals surface area contributed by atoms with Crippen molar-refractivity contribution in [2.24, 2.45) is 0 Å². The smallest absolute Gasteiger partial charge is 0.358 e. The Kier molecular flexibility index (Phi) is 4.60. The van der Waals surface area contributed by atoms with Gasteiger partial charge in [-0.3, -0.25) is 4.79 Å². The Bertz CT molecular complexity index is 782. The first-order chi connectivity index (χ1) is 10.9. The normalized spacial score (nSPS) is 16.6. The van der Waals surface area contributed by atoms with Crippen molar-refractivity contribution < 1.29 is 32.6 Å². The molecule has 2 rings (SSSR count). The molecule has 8 nitrogen and oxygen atoms in total. The summed E-state index contributed by atoms with van der Waals surface area (Å²) < 4.78 is 34.6. The predicted molar refractivity (Wildman–Crippen MR) is 75.1 cm³/mol. The molecule has 0 aliphatic carbocycles. The lowest BCUT2D eigenvalue weighted by atomic mass is 10.2. The van der Waals surface area contributed by atoms with E-state index in [2.05, 4.69) is 9.47 Å². The lowest BCUT2D eigenvalue weighted by Gasteiger charge is -2.23. The van der Waals surface area contributed by atoms with Crippen LogP contribution in [0.1, 0.15) is 24.2 Å². The van der Waals surface area contributed by atoms with Crippen LogP contribution in [0.5, 0.6) is 0 Å². The molecular formula is C14H14NO7S-. The molecule has 1 aromatic carbocycles. The monoisotopic (exact) mass is 340 g/mol. The van der Waals surface area contributed by atoms with Crippen LogP contribution in [0.4, 0.5) is 0 Å². The highest BCUT2D eigenvalue weighted by Crippen LogP contribution is 2.34. The van der Waals surface area contributed by atoms with E-state index in [0.717, 1.165) is 0 Å². The van der Waals surface area contributed by atoms with Crippen LogP contribution >= 0.6 is 0 Å². The summed E-state index contributed by atoms with van der Waals surface area (Å²) >= 11 is 0. The number of amides is 1. The van der Waals surface area contributed by atoms with Gasteiger partial charge < -0.3 is 14.6 Å². The quantitative estimate of drug-likeness (QED) is 0.420. The van der Waals surface area contributed by atoms with E-state index in [9.17, 15) is 23.1 Å². The van der Waals surface area contributed by atoms with Gasteiger partial charge in [-0.25, -0.2) is 13.2 Å². The van der Waals surface area contributed by atoms with Gasteiger partial charge in [-0.1, -0.05) is 19.1 Å². The molecule has 1 heterocycles. The van der Waals surface area contributed by atoms with Gasteiger partial charge in [0.2, 0.25) is 0 Å². The van der Waals surface area contributed by atoms with E-state index in [4.69, 9.17) is 0 Å². The molecular weight excluding hydrogens is 326 g/mol. The van der Waals surface area contributed by atoms with E-state index in [1.807, 2.05) is 0 Å². The molecule has 23 heavy (non-hydrogen) atoms. The van der Waals surface area contributed by atoms with Crippen molar-refractivity contribution in [1.82, 2.24) is 4.31 Å². The van der Waals surface area contributed by atoms with E-state index in [1.165, 1.54) is 38.1 Å². The van der Waals surface area contributed by atoms with E-state index in [1.54, 1.807) is 0 Å². The predicted octanol–water partition coefficient (Wildman–Crippen LogP) is -0.0399. The molecule has 0 aromatic heterocycles. The summed E-state index contributed by atoms with van der Waals surface area (Å²) in [4.78, 5) is 24.1. The van der Waals surface area contributed by atoms with E-state index in [-0.39, 0.29) is 28.0 Å². The molecule has 9 heteroatoms. The van der Waals surface area contributed by atoms with Gasteiger partial charge in [0, 0.05) is 0 Å². The Morgan fingerprint density at radius 3 is 2.35 bits per heavy atom. The summed E-state index contributed by atoms with van der Waals surface area (Å²) in [5, 5.41) is 12.0. The van der Waals surface area contributed by atoms with Crippen LogP contribution in [-0.4, -0.2) is 37.8 Å². The minimum atomic E-state index is -4.38. The highest BCUT2D eigenvalue weighted by Gasteiger charge is 2.46. The van der Waals surface area contributed by atoms with Crippen molar-refractivity contribution in [2.75, 3.05) is 13.2 Å². The highest BCUT2D eigenvalue weighted by molar-refractivity contribution is 7.90. The Labute approximate surface area is 133 Å². The number of carbonyl (C=O) groups excluding carboxylic acids is 2. The van der Waals surface area contributed by atoms with Gasteiger partial charge >= 0.3 is 5.97 Å². The van der Waals surface area contributed by atoms with Crippen LogP contribution in [0.25, 0.3) is 0 Å². The van der Waals surface area contributed by atoms with Crippen LogP contribution in [0.2, 0.25) is 0 Å². The van der Waals surface area contributed by atoms with Crippen molar-refractivity contribution in [3.05, 3.63) is 41.5 Å². The summed E-state index contributed by atoms with van der Waals surface area (Å²) in [5.74, 6) is -3.48. The summed E-state index contributed by atoms with van der Waals surface area (Å²) in [5.41, 5.74) is -1.10. The standard InChI is InChI=1S/C14H15NO7S/c1-3-21-13(17)11(14(18)22-4-2)15-12(16)9-7-5-6-8-10(9)23(15,19)20/h5-8,17H,3-4H2,1-2H3/p-1/b13-11-. The molecule has 1 amide bonds. The number of hydrogen-bond donors (Lipinski definition) is 0. The molecule has 0 spiro atoms. The molecule has 0 saturated heterocycles. The fraction of sp³-hybridized carbons (Fsp3) is 0.286. The van der Waals surface area contributed by atoms with Gasteiger partial charge in [0.15, 0.2) is 5.70 Å². The average Bonchev–Trinajstić information content (AvgIpc) is 2.70. The first-order valence-electron chi connectivity index (χ1n) is 6.76. The molecule has 1 aliphatic rings. The summed E-state index contributed by atoms with van der Waals surface area (Å²) in [6, 6.07) is 5.42. The Hall–Kier alpha value is -2.55. The fourth-order valence-electron chi connectivity index (χ4n) is 2.05. The van der Waals surface area contributed by atoms with Crippen LogP contribution in [-0.2, 0) is 24.3 Å². The zero-order chi connectivity index (χ0) is 17.2. The molecule has 1 aliphatic heterocycles. The van der Waals surface area contributed by atoms with Crippen molar-refractivity contribution in [3.63, 3.8) is 0 Å². The van der Waals surface area contributed by atoms with E-state index < -0.39 is 33.5 Å². The lowest BCUT2D eigenvalue weighted by molar-refractivity contribution is -0.359. The minimum absolute atomic E-state index is 0.100. The third kappa shape index (κ3) is 2.74. The van der Waals surface area contributed by atoms with Crippen LogP contribution < -0.4 is 5.11 Å². The van der Waals surface area contributed by atoms with Gasteiger partial charge in [0.25, 0.3) is 15.9 Å². The van der Waals surface area contributed by atoms with E-state index in [0.29, 0.717) is 0 Å². The number of ether oxygens (including phenoxy) is 2. The third-order valence-corrected chi connectivity index (χ3v) is 4.70. The van der Waals surface area contributed by atoms with Crippen LogP contribution in [0.15, 0.2) is 40.8 Å². The van der Waals surface area contributed by atoms with Gasteiger partial charge in [0.1, 0.15) is 4.90 Å². The maximum atomic E-state index is 12.5. The Morgan fingerprint density at radius 2 is 1.78 bits per heavy atom. The maximum absolute atomic E-state index is 12.5. The number of esters is 1. The van der Waals surface area contributed by atoms with E-state index >= 15 is 0 Å². The zero-order valence-electron chi connectivity index (χ0n) is 12.4. The molecule has 1 aromatic rings. The van der Waals surface area contributed by atoms with Crippen molar-refractivity contribution in [2.45, 2.75) is 18.7 Å². The Morgan fingerprint density at radius 1 is 1.17 bits per heavy atom. The highest BCUT2D eigenvalue weighted by atomic mass is 32.2. The summed E-state index contributed by atoms with van der Waals surface area (Å²) in [7, 11) is -4.38. The number of carbonyl (C=O) groups is 2. The maximum Gasteiger partial charge on any atom is 0.358 e. The molecule has 0 unspecified atom stereocenters. The first kappa shape index (κ1) is 16.8. The number of benzene rings is 1. The molecule has 0 fully saturated rings. The molecule has 0 N–H and O–H groups in total. The third-order valence-electron chi connectivity index (χ3n) is 2.96. The molecule has 0 saturated carbocycles. The number of hydrogen-bond acceptors (Lipinski definition) is 7. The second-order valence-corrected chi connectivity index (χ2v) is 6.12. The zero-order valence-corrected chi connectivity index (χ0v) is 13.3. The van der Waals surface area contributed by atoms with Gasteiger partial charge in [-0.2, -0.15) is 4.31 Å². The number of rotatable bonds is 5. The molecule has 124 valence electrons. The second-order valence-electron chi connectivity index (χ2n) is 4.36. The Balaban J connectivity index is 2.64. The molecule has 0 radical (unpaired) electrons. The van der Waals surface area contributed by atoms with Gasteiger partial charge in [0.05, 0.1) is 18.1 Å².